The number of fused-ring (bicyclic) bond motifs is 1. The molecule has 0 aliphatic carbocycles. The van der Waals surface area contributed by atoms with E-state index in [4.69, 9.17) is 9.47 Å². The van der Waals surface area contributed by atoms with Crippen LogP contribution >= 0.6 is 0 Å². The first-order valence-electron chi connectivity index (χ1n) is 10.3. The second kappa shape index (κ2) is 10.00. The van der Waals surface area contributed by atoms with Crippen molar-refractivity contribution >= 4 is 23.9 Å². The van der Waals surface area contributed by atoms with Gasteiger partial charge in [0, 0.05) is 5.56 Å². The van der Waals surface area contributed by atoms with E-state index in [1.165, 1.54) is 6.08 Å². The third kappa shape index (κ3) is 5.87. The van der Waals surface area contributed by atoms with Crippen LogP contribution in [0.1, 0.15) is 41.8 Å². The molecule has 0 saturated carbocycles. The number of aliphatic carboxylic acids is 1. The fourth-order valence-corrected chi connectivity index (χ4v) is 3.16. The molecule has 3 N–H and O–H groups in total. The summed E-state index contributed by atoms with van der Waals surface area (Å²) in [4.78, 5) is 37.3. The van der Waals surface area contributed by atoms with Gasteiger partial charge in [-0.2, -0.15) is 0 Å². The van der Waals surface area contributed by atoms with Gasteiger partial charge >= 0.3 is 5.97 Å². The van der Waals surface area contributed by atoms with Crippen LogP contribution in [0.5, 0.6) is 11.5 Å². The van der Waals surface area contributed by atoms with Crippen LogP contribution in [0.4, 0.5) is 0 Å². The summed E-state index contributed by atoms with van der Waals surface area (Å²) in [7, 11) is 0. The molecule has 8 nitrogen and oxygen atoms in total. The van der Waals surface area contributed by atoms with E-state index in [9.17, 15) is 19.5 Å². The molecule has 1 aliphatic heterocycles. The second-order valence-electron chi connectivity index (χ2n) is 7.98. The zero-order valence-electron chi connectivity index (χ0n) is 18.2. The molecule has 32 heavy (non-hydrogen) atoms. The number of benzene rings is 2. The molecule has 2 aromatic rings. The van der Waals surface area contributed by atoms with E-state index < -0.39 is 23.8 Å². The van der Waals surface area contributed by atoms with Crippen molar-refractivity contribution < 1.29 is 29.0 Å². The number of carbonyl (C=O) groups is 3. The van der Waals surface area contributed by atoms with E-state index in [2.05, 4.69) is 10.6 Å². The van der Waals surface area contributed by atoms with Gasteiger partial charge in [-0.1, -0.05) is 37.6 Å². The lowest BCUT2D eigenvalue weighted by Gasteiger charge is -2.18. The van der Waals surface area contributed by atoms with Crippen molar-refractivity contribution in [2.24, 2.45) is 5.92 Å². The first-order chi connectivity index (χ1) is 15.2. The number of hydrogen-bond donors (Lipinski definition) is 3. The summed E-state index contributed by atoms with van der Waals surface area (Å²) in [5.74, 6) is -1.16. The Morgan fingerprint density at radius 1 is 1.06 bits per heavy atom. The number of carboxylic acid groups (broad SMARTS) is 1. The van der Waals surface area contributed by atoms with E-state index in [-0.39, 0.29) is 24.8 Å². The number of amides is 2. The fourth-order valence-electron chi connectivity index (χ4n) is 3.16. The van der Waals surface area contributed by atoms with Crippen molar-refractivity contribution in [1.82, 2.24) is 10.6 Å². The minimum Gasteiger partial charge on any atom is -0.480 e. The van der Waals surface area contributed by atoms with Crippen LogP contribution in [0, 0.1) is 12.8 Å². The van der Waals surface area contributed by atoms with Gasteiger partial charge in [-0.25, -0.2) is 4.79 Å². The number of rotatable bonds is 8. The Labute approximate surface area is 186 Å². The van der Waals surface area contributed by atoms with E-state index in [1.54, 1.807) is 42.5 Å². The lowest BCUT2D eigenvalue weighted by Crippen LogP contribution is -2.45. The lowest BCUT2D eigenvalue weighted by atomic mass is 10.0. The van der Waals surface area contributed by atoms with E-state index in [1.807, 2.05) is 20.8 Å². The zero-order chi connectivity index (χ0) is 23.3. The molecular weight excluding hydrogens is 412 g/mol. The maximum Gasteiger partial charge on any atom is 0.326 e. The van der Waals surface area contributed by atoms with Gasteiger partial charge in [-0.3, -0.25) is 9.59 Å². The third-order valence-corrected chi connectivity index (χ3v) is 4.82. The average Bonchev–Trinajstić information content (AvgIpc) is 3.20. The Bertz CT molecular complexity index is 1040. The normalized spacial score (nSPS) is 13.6. The molecule has 2 amide bonds. The SMILES string of the molecule is Cc1ccc(C(=O)N/C(=C\c2ccc3c(c2)OCO3)C(=O)N[C@H](CC(C)C)C(=O)O)cc1. The Kier molecular flexibility index (Phi) is 7.14. The highest BCUT2D eigenvalue weighted by molar-refractivity contribution is 6.06. The number of ether oxygens (including phenoxy) is 2. The molecular formula is C24H26N2O6. The Morgan fingerprint density at radius 3 is 2.41 bits per heavy atom. The van der Waals surface area contributed by atoms with E-state index in [0.29, 0.717) is 22.6 Å². The van der Waals surface area contributed by atoms with Crippen LogP contribution in [0.15, 0.2) is 48.2 Å². The van der Waals surface area contributed by atoms with Gasteiger partial charge in [0.2, 0.25) is 6.79 Å². The molecule has 0 fully saturated rings. The minimum atomic E-state index is -1.14. The summed E-state index contributed by atoms with van der Waals surface area (Å²) >= 11 is 0. The molecule has 1 atom stereocenters. The summed E-state index contributed by atoms with van der Waals surface area (Å²) in [6, 6.07) is 10.9. The smallest absolute Gasteiger partial charge is 0.326 e. The zero-order valence-corrected chi connectivity index (χ0v) is 18.2. The molecule has 3 rings (SSSR count). The summed E-state index contributed by atoms with van der Waals surface area (Å²) in [5.41, 5.74) is 1.87. The number of carboxylic acids is 1. The van der Waals surface area contributed by atoms with Gasteiger partial charge in [0.15, 0.2) is 11.5 Å². The highest BCUT2D eigenvalue weighted by Gasteiger charge is 2.24. The summed E-state index contributed by atoms with van der Waals surface area (Å²) in [6.07, 6.45) is 1.72. The number of nitrogens with one attached hydrogen (secondary N) is 2. The van der Waals surface area contributed by atoms with Gasteiger partial charge in [-0.05, 0) is 55.2 Å². The van der Waals surface area contributed by atoms with Crippen molar-refractivity contribution in [3.8, 4) is 11.5 Å². The predicted molar refractivity (Wildman–Crippen MR) is 118 cm³/mol. The van der Waals surface area contributed by atoms with Crippen LogP contribution in [-0.2, 0) is 9.59 Å². The quantitative estimate of drug-likeness (QED) is 0.546. The largest absolute Gasteiger partial charge is 0.480 e. The van der Waals surface area contributed by atoms with Crippen molar-refractivity contribution in [3.63, 3.8) is 0 Å². The second-order valence-corrected chi connectivity index (χ2v) is 7.98. The van der Waals surface area contributed by atoms with Crippen molar-refractivity contribution in [1.29, 1.82) is 0 Å². The van der Waals surface area contributed by atoms with E-state index in [0.717, 1.165) is 5.56 Å². The van der Waals surface area contributed by atoms with Crippen molar-refractivity contribution in [2.75, 3.05) is 6.79 Å². The van der Waals surface area contributed by atoms with Crippen molar-refractivity contribution in [2.45, 2.75) is 33.2 Å². The Hall–Kier alpha value is -3.81. The van der Waals surface area contributed by atoms with E-state index >= 15 is 0 Å². The summed E-state index contributed by atoms with van der Waals surface area (Å²) < 4.78 is 10.7. The maximum atomic E-state index is 13.0. The Morgan fingerprint density at radius 2 is 1.75 bits per heavy atom. The topological polar surface area (TPSA) is 114 Å². The molecule has 0 unspecified atom stereocenters. The molecule has 0 aromatic heterocycles. The minimum absolute atomic E-state index is 0.0554. The van der Waals surface area contributed by atoms with Crippen LogP contribution in [0.2, 0.25) is 0 Å². The van der Waals surface area contributed by atoms with Gasteiger partial charge in [0.1, 0.15) is 11.7 Å². The number of aryl methyl sites for hydroxylation is 1. The average molecular weight is 438 g/mol. The predicted octanol–water partition coefficient (Wildman–Crippen LogP) is 3.11. The maximum absolute atomic E-state index is 13.0. The molecule has 2 aromatic carbocycles. The monoisotopic (exact) mass is 438 g/mol. The first-order valence-corrected chi connectivity index (χ1v) is 10.3. The third-order valence-electron chi connectivity index (χ3n) is 4.82. The van der Waals surface area contributed by atoms with Crippen LogP contribution in [0.25, 0.3) is 6.08 Å². The molecule has 1 aliphatic rings. The molecule has 0 bridgehead atoms. The van der Waals surface area contributed by atoms with Gasteiger partial charge in [-0.15, -0.1) is 0 Å². The molecule has 168 valence electrons. The highest BCUT2D eigenvalue weighted by atomic mass is 16.7. The molecule has 0 saturated heterocycles. The van der Waals surface area contributed by atoms with Crippen LogP contribution in [-0.4, -0.2) is 35.7 Å². The summed E-state index contributed by atoms with van der Waals surface area (Å²) in [6.45, 7) is 5.74. The highest BCUT2D eigenvalue weighted by Crippen LogP contribution is 2.33. The standard InChI is InChI=1S/C24H26N2O6/c1-14(2)10-19(24(29)30)26-23(28)18(25-22(27)17-7-4-15(3)5-8-17)11-16-6-9-20-21(12-16)32-13-31-20/h4-9,11-12,14,19H,10,13H2,1-3H3,(H,25,27)(H,26,28)(H,29,30)/b18-11-/t19-/m1/s1. The number of hydrogen-bond acceptors (Lipinski definition) is 5. The van der Waals surface area contributed by atoms with Gasteiger partial charge in [0.05, 0.1) is 0 Å². The lowest BCUT2D eigenvalue weighted by molar-refractivity contribution is -0.141. The van der Waals surface area contributed by atoms with Crippen LogP contribution in [0.3, 0.4) is 0 Å². The number of carbonyl (C=O) groups excluding carboxylic acids is 2. The van der Waals surface area contributed by atoms with Gasteiger partial charge in [0.25, 0.3) is 11.8 Å². The molecule has 0 radical (unpaired) electrons. The van der Waals surface area contributed by atoms with Crippen LogP contribution < -0.4 is 20.1 Å². The summed E-state index contributed by atoms with van der Waals surface area (Å²) in [5, 5.41) is 14.6. The fraction of sp³-hybridized carbons (Fsp3) is 0.292. The molecule has 0 spiro atoms. The molecule has 8 heteroatoms. The first kappa shape index (κ1) is 22.9. The Balaban J connectivity index is 1.89. The molecule has 1 heterocycles. The van der Waals surface area contributed by atoms with Gasteiger partial charge < -0.3 is 25.2 Å². The van der Waals surface area contributed by atoms with Crippen molar-refractivity contribution in [3.05, 3.63) is 64.9 Å².